The minimum absolute atomic E-state index is 0.106. The number of aromatic hydroxyl groups is 1. The van der Waals surface area contributed by atoms with E-state index in [4.69, 9.17) is 18.9 Å². The van der Waals surface area contributed by atoms with Crippen LogP contribution >= 0.6 is 15.9 Å². The summed E-state index contributed by atoms with van der Waals surface area (Å²) in [4.78, 5) is 24.0. The number of nitrogens with zero attached hydrogens (tertiary/aromatic N) is 4. The van der Waals surface area contributed by atoms with E-state index in [1.54, 1.807) is 26.4 Å². The minimum Gasteiger partial charge on any atom is -0.508 e. The van der Waals surface area contributed by atoms with E-state index < -0.39 is 16.0 Å². The average molecular weight is 710 g/mol. The van der Waals surface area contributed by atoms with Crippen molar-refractivity contribution in [3.8, 4) is 11.5 Å². The van der Waals surface area contributed by atoms with Crippen molar-refractivity contribution in [2.75, 3.05) is 74.7 Å². The number of methoxy groups -OCH3 is 4. The molecular formula is C29H37BrN6O8S. The number of halogens is 1. The molecule has 244 valence electrons. The van der Waals surface area contributed by atoms with Crippen LogP contribution in [0.25, 0.3) is 0 Å². The van der Waals surface area contributed by atoms with Gasteiger partial charge in [-0.2, -0.15) is 4.98 Å². The number of phenolic OH excluding ortho intramolecular Hbond substituents is 1. The van der Waals surface area contributed by atoms with Gasteiger partial charge in [0.2, 0.25) is 16.0 Å². The van der Waals surface area contributed by atoms with Crippen molar-refractivity contribution in [3.05, 3.63) is 46.6 Å². The van der Waals surface area contributed by atoms with Crippen LogP contribution in [-0.4, -0.2) is 90.6 Å². The Morgan fingerprint density at radius 2 is 1.78 bits per heavy atom. The highest BCUT2D eigenvalue weighted by Gasteiger charge is 2.29. The van der Waals surface area contributed by atoms with Gasteiger partial charge in [0.25, 0.3) is 0 Å². The lowest BCUT2D eigenvalue weighted by molar-refractivity contribution is -0.141. The predicted molar refractivity (Wildman–Crippen MR) is 175 cm³/mol. The summed E-state index contributed by atoms with van der Waals surface area (Å²) in [5.74, 6) is 0.512. The van der Waals surface area contributed by atoms with Gasteiger partial charge in [0, 0.05) is 58.6 Å². The molecule has 0 amide bonds. The lowest BCUT2D eigenvalue weighted by atomic mass is 9.95. The van der Waals surface area contributed by atoms with Crippen molar-refractivity contribution in [2.45, 2.75) is 19.1 Å². The number of aromatic nitrogens is 2. The number of piperidine rings is 1. The highest BCUT2D eigenvalue weighted by atomic mass is 79.9. The fourth-order valence-corrected chi connectivity index (χ4v) is 5.89. The molecule has 0 bridgehead atoms. The Bertz CT molecular complexity index is 1630. The normalized spacial score (nSPS) is 13.9. The van der Waals surface area contributed by atoms with E-state index >= 15 is 0 Å². The van der Waals surface area contributed by atoms with Crippen molar-refractivity contribution in [1.82, 2.24) is 9.97 Å². The number of sulfonamides is 1. The summed E-state index contributed by atoms with van der Waals surface area (Å²) in [6, 6.07) is 7.70. The van der Waals surface area contributed by atoms with Crippen molar-refractivity contribution < 1.29 is 37.3 Å². The predicted octanol–water partition coefficient (Wildman–Crippen LogP) is 4.46. The summed E-state index contributed by atoms with van der Waals surface area (Å²) in [6.07, 6.45) is 3.89. The first-order valence-electron chi connectivity index (χ1n) is 13.8. The van der Waals surface area contributed by atoms with Gasteiger partial charge in [0.15, 0.2) is 6.29 Å². The lowest BCUT2D eigenvalue weighted by Gasteiger charge is -2.37. The maximum Gasteiger partial charge on any atom is 0.340 e. The largest absolute Gasteiger partial charge is 0.508 e. The molecule has 16 heteroatoms. The first-order chi connectivity index (χ1) is 21.4. The molecule has 3 aromatic rings. The Hall–Kier alpha value is -3.86. The Balaban J connectivity index is 1.65. The number of benzene rings is 2. The SMILES string of the molecule is COC(=O)c1cc(Nc2ncc(Br)c(Nc3ccc(O)cc3N(C)S(C)(=O)=O)n2)c(OC)cc1N1CCC(C(OC)OC)CC1. The molecule has 1 saturated heterocycles. The van der Waals surface area contributed by atoms with Crippen LogP contribution in [0.15, 0.2) is 41.0 Å². The molecule has 0 aliphatic carbocycles. The fourth-order valence-electron chi connectivity index (χ4n) is 5.09. The molecule has 14 nitrogen and oxygen atoms in total. The molecule has 0 radical (unpaired) electrons. The zero-order valence-corrected chi connectivity index (χ0v) is 28.2. The molecule has 0 spiro atoms. The molecular weight excluding hydrogens is 672 g/mol. The number of hydrogen-bond donors (Lipinski definition) is 3. The zero-order valence-electron chi connectivity index (χ0n) is 25.8. The molecule has 1 aliphatic heterocycles. The summed E-state index contributed by atoms with van der Waals surface area (Å²) in [5.41, 5.74) is 2.00. The Morgan fingerprint density at radius 3 is 2.38 bits per heavy atom. The van der Waals surface area contributed by atoms with Crippen LogP contribution in [0.5, 0.6) is 11.5 Å². The fraction of sp³-hybridized carbons (Fsp3) is 0.414. The Kier molecular flexibility index (Phi) is 11.0. The van der Waals surface area contributed by atoms with E-state index in [9.17, 15) is 18.3 Å². The maximum atomic E-state index is 13.0. The second-order valence-corrected chi connectivity index (χ2v) is 13.2. The number of carbonyl (C=O) groups excluding carboxylic acids is 1. The summed E-state index contributed by atoms with van der Waals surface area (Å²) >= 11 is 3.43. The minimum atomic E-state index is -3.63. The first-order valence-corrected chi connectivity index (χ1v) is 16.5. The van der Waals surface area contributed by atoms with Crippen molar-refractivity contribution in [1.29, 1.82) is 0 Å². The molecule has 0 atom stereocenters. The van der Waals surface area contributed by atoms with E-state index in [1.165, 1.54) is 45.7 Å². The number of anilines is 6. The van der Waals surface area contributed by atoms with Crippen LogP contribution in [0.4, 0.5) is 34.5 Å². The van der Waals surface area contributed by atoms with Gasteiger partial charge in [0.1, 0.15) is 17.3 Å². The van der Waals surface area contributed by atoms with Crippen LogP contribution in [0.1, 0.15) is 23.2 Å². The molecule has 0 saturated carbocycles. The topological polar surface area (TPSA) is 165 Å². The highest BCUT2D eigenvalue weighted by Crippen LogP contribution is 2.39. The summed E-state index contributed by atoms with van der Waals surface area (Å²) in [5, 5.41) is 16.2. The quantitative estimate of drug-likeness (QED) is 0.137. The lowest BCUT2D eigenvalue weighted by Crippen LogP contribution is -2.39. The first kappa shape index (κ1) is 34.0. The van der Waals surface area contributed by atoms with Crippen molar-refractivity contribution >= 4 is 66.4 Å². The number of phenols is 1. The number of rotatable bonds is 12. The standard InChI is InChI=1S/C29H37BrN6O8S/c1-35(45(6,39)40)24-13-18(37)7-8-21(24)32-26-20(30)16-31-29(34-26)33-22-14-19(27(38)42-3)23(15-25(22)41-2)36-11-9-17(10-12-36)28(43-4)44-5/h7-8,13-17,28,37H,9-12H2,1-6H3,(H2,31,32,33,34). The number of ether oxygens (including phenoxy) is 4. The second kappa shape index (κ2) is 14.5. The average Bonchev–Trinajstić information content (AvgIpc) is 3.03. The van der Waals surface area contributed by atoms with Gasteiger partial charge in [-0.3, -0.25) is 4.31 Å². The van der Waals surface area contributed by atoms with Crippen molar-refractivity contribution in [2.24, 2.45) is 5.92 Å². The molecule has 1 aliphatic rings. The van der Waals surface area contributed by atoms with Crippen LogP contribution in [-0.2, 0) is 24.2 Å². The van der Waals surface area contributed by atoms with Gasteiger partial charge < -0.3 is 39.6 Å². The zero-order chi connectivity index (χ0) is 32.9. The molecule has 2 aromatic carbocycles. The third-order valence-electron chi connectivity index (χ3n) is 7.51. The Labute approximate surface area is 270 Å². The van der Waals surface area contributed by atoms with Gasteiger partial charge in [-0.1, -0.05) is 0 Å². The summed E-state index contributed by atoms with van der Waals surface area (Å²) in [6.45, 7) is 1.35. The molecule has 2 heterocycles. The maximum absolute atomic E-state index is 13.0. The van der Waals surface area contributed by atoms with Gasteiger partial charge in [-0.25, -0.2) is 18.2 Å². The summed E-state index contributed by atoms with van der Waals surface area (Å²) < 4.78 is 47.7. The number of esters is 1. The van der Waals surface area contributed by atoms with Gasteiger partial charge in [0.05, 0.1) is 53.3 Å². The van der Waals surface area contributed by atoms with Crippen molar-refractivity contribution in [3.63, 3.8) is 0 Å². The molecule has 1 aromatic heterocycles. The number of nitrogens with one attached hydrogen (secondary N) is 2. The van der Waals surface area contributed by atoms with Gasteiger partial charge in [-0.05, 0) is 47.0 Å². The second-order valence-electron chi connectivity index (χ2n) is 10.3. The van der Waals surface area contributed by atoms with Crippen LogP contribution < -0.4 is 24.6 Å². The van der Waals surface area contributed by atoms with E-state index in [0.29, 0.717) is 51.8 Å². The Morgan fingerprint density at radius 1 is 1.09 bits per heavy atom. The summed E-state index contributed by atoms with van der Waals surface area (Å²) in [7, 11) is 3.85. The molecule has 45 heavy (non-hydrogen) atoms. The van der Waals surface area contributed by atoms with Crippen LogP contribution in [0.2, 0.25) is 0 Å². The monoisotopic (exact) mass is 708 g/mol. The molecule has 1 fully saturated rings. The van der Waals surface area contributed by atoms with Gasteiger partial charge >= 0.3 is 5.97 Å². The van der Waals surface area contributed by atoms with E-state index in [1.807, 2.05) is 0 Å². The van der Waals surface area contributed by atoms with E-state index in [2.05, 4.69) is 41.4 Å². The number of carbonyl (C=O) groups is 1. The highest BCUT2D eigenvalue weighted by molar-refractivity contribution is 9.10. The smallest absolute Gasteiger partial charge is 0.340 e. The van der Waals surface area contributed by atoms with E-state index in [0.717, 1.165) is 23.4 Å². The third-order valence-corrected chi connectivity index (χ3v) is 9.29. The molecule has 0 unspecified atom stereocenters. The number of hydrogen-bond acceptors (Lipinski definition) is 13. The third kappa shape index (κ3) is 7.87. The van der Waals surface area contributed by atoms with Crippen LogP contribution in [0.3, 0.4) is 0 Å². The van der Waals surface area contributed by atoms with Crippen LogP contribution in [0, 0.1) is 5.92 Å². The van der Waals surface area contributed by atoms with E-state index in [-0.39, 0.29) is 29.6 Å². The molecule has 4 rings (SSSR count). The van der Waals surface area contributed by atoms with Gasteiger partial charge in [-0.15, -0.1) is 0 Å². The molecule has 3 N–H and O–H groups in total.